The maximum atomic E-state index is 12.1. The van der Waals surface area contributed by atoms with E-state index >= 15 is 0 Å². The van der Waals surface area contributed by atoms with E-state index in [9.17, 15) is 19.7 Å². The highest BCUT2D eigenvalue weighted by Crippen LogP contribution is 2.25. The standard InChI is InChI=1S/C14H13N3O4/c1-9-11(4-3-5-12(9)17(20)21)15-14(19)10-6-7-16(2)13(18)8-10/h3-8H,1-2H3,(H,15,19). The van der Waals surface area contributed by atoms with Crippen LogP contribution in [0.5, 0.6) is 0 Å². The monoisotopic (exact) mass is 287 g/mol. The number of benzene rings is 1. The van der Waals surface area contributed by atoms with Crippen molar-refractivity contribution in [1.82, 2.24) is 4.57 Å². The number of nitrogens with one attached hydrogen (secondary N) is 1. The SMILES string of the molecule is Cc1c(NC(=O)c2ccn(C)c(=O)c2)cccc1[N+](=O)[O-]. The first kappa shape index (κ1) is 14.4. The normalized spacial score (nSPS) is 10.2. The molecule has 1 heterocycles. The molecule has 1 aromatic carbocycles. The summed E-state index contributed by atoms with van der Waals surface area (Å²) in [6.07, 6.45) is 1.48. The number of aromatic nitrogens is 1. The number of aryl methyl sites for hydroxylation is 1. The number of amides is 1. The fourth-order valence-electron chi connectivity index (χ4n) is 1.84. The summed E-state index contributed by atoms with van der Waals surface area (Å²) in [6, 6.07) is 7.14. The second kappa shape index (κ2) is 5.58. The van der Waals surface area contributed by atoms with Crippen LogP contribution in [0.4, 0.5) is 11.4 Å². The van der Waals surface area contributed by atoms with Crippen LogP contribution in [0.25, 0.3) is 0 Å². The minimum Gasteiger partial charge on any atom is -0.321 e. The van der Waals surface area contributed by atoms with Crippen molar-refractivity contribution in [3.63, 3.8) is 0 Å². The Bertz CT molecular complexity index is 780. The van der Waals surface area contributed by atoms with E-state index in [4.69, 9.17) is 0 Å². The van der Waals surface area contributed by atoms with Gasteiger partial charge in [-0.25, -0.2) is 0 Å². The third kappa shape index (κ3) is 2.97. The van der Waals surface area contributed by atoms with Gasteiger partial charge in [0, 0.05) is 30.9 Å². The predicted octanol–water partition coefficient (Wildman–Crippen LogP) is 1.85. The molecule has 0 unspecified atom stereocenters. The van der Waals surface area contributed by atoms with Crippen LogP contribution in [0.1, 0.15) is 15.9 Å². The molecule has 1 amide bonds. The van der Waals surface area contributed by atoms with Gasteiger partial charge in [-0.3, -0.25) is 19.7 Å². The first-order chi connectivity index (χ1) is 9.90. The lowest BCUT2D eigenvalue weighted by Gasteiger charge is -2.08. The third-order valence-electron chi connectivity index (χ3n) is 3.12. The van der Waals surface area contributed by atoms with E-state index in [1.807, 2.05) is 0 Å². The quantitative estimate of drug-likeness (QED) is 0.688. The average Bonchev–Trinajstić information content (AvgIpc) is 2.43. The lowest BCUT2D eigenvalue weighted by Crippen LogP contribution is -2.20. The maximum absolute atomic E-state index is 12.1. The van der Waals surface area contributed by atoms with Crippen LogP contribution >= 0.6 is 0 Å². The van der Waals surface area contributed by atoms with Gasteiger partial charge in [0.05, 0.1) is 16.2 Å². The van der Waals surface area contributed by atoms with Crippen LogP contribution in [-0.4, -0.2) is 15.4 Å². The van der Waals surface area contributed by atoms with Gasteiger partial charge in [-0.1, -0.05) is 6.07 Å². The second-order valence-electron chi connectivity index (χ2n) is 4.53. The highest BCUT2D eigenvalue weighted by molar-refractivity contribution is 6.04. The molecule has 0 aliphatic rings. The van der Waals surface area contributed by atoms with Gasteiger partial charge in [0.25, 0.3) is 17.2 Å². The molecule has 1 N–H and O–H groups in total. The van der Waals surface area contributed by atoms with Gasteiger partial charge in [0.2, 0.25) is 0 Å². The van der Waals surface area contributed by atoms with Crippen LogP contribution in [0, 0.1) is 17.0 Å². The van der Waals surface area contributed by atoms with E-state index in [0.29, 0.717) is 11.3 Å². The van der Waals surface area contributed by atoms with Gasteiger partial charge in [-0.05, 0) is 19.1 Å². The Morgan fingerprint density at radius 2 is 2.05 bits per heavy atom. The van der Waals surface area contributed by atoms with Gasteiger partial charge < -0.3 is 9.88 Å². The Kier molecular flexibility index (Phi) is 3.84. The van der Waals surface area contributed by atoms with Crippen LogP contribution in [0.2, 0.25) is 0 Å². The minimum atomic E-state index is -0.511. The number of anilines is 1. The molecule has 0 spiro atoms. The molecule has 0 fully saturated rings. The van der Waals surface area contributed by atoms with Crippen LogP contribution in [0.15, 0.2) is 41.3 Å². The summed E-state index contributed by atoms with van der Waals surface area (Å²) in [5.74, 6) is -0.490. The van der Waals surface area contributed by atoms with Crippen molar-refractivity contribution in [2.75, 3.05) is 5.32 Å². The van der Waals surface area contributed by atoms with Crippen molar-refractivity contribution in [2.24, 2.45) is 7.05 Å². The highest BCUT2D eigenvalue weighted by atomic mass is 16.6. The summed E-state index contributed by atoms with van der Waals surface area (Å²) in [5.41, 5.74) is 0.522. The van der Waals surface area contributed by atoms with Crippen LogP contribution in [0.3, 0.4) is 0 Å². The number of carbonyl (C=O) groups excluding carboxylic acids is 1. The fourth-order valence-corrected chi connectivity index (χ4v) is 1.84. The van der Waals surface area contributed by atoms with Crippen molar-refractivity contribution in [3.05, 3.63) is 68.1 Å². The van der Waals surface area contributed by atoms with E-state index in [1.165, 1.54) is 35.0 Å². The van der Waals surface area contributed by atoms with Crippen LogP contribution in [-0.2, 0) is 7.05 Å². The molecule has 2 aromatic rings. The zero-order chi connectivity index (χ0) is 15.6. The second-order valence-corrected chi connectivity index (χ2v) is 4.53. The van der Waals surface area contributed by atoms with Gasteiger partial charge >= 0.3 is 0 Å². The molecule has 1 aromatic heterocycles. The van der Waals surface area contributed by atoms with Gasteiger partial charge in [-0.15, -0.1) is 0 Å². The molecule has 0 saturated heterocycles. The number of hydrogen-bond donors (Lipinski definition) is 1. The lowest BCUT2D eigenvalue weighted by atomic mass is 10.1. The summed E-state index contributed by atoms with van der Waals surface area (Å²) in [5, 5.41) is 13.4. The number of nitrogens with zero attached hydrogens (tertiary/aromatic N) is 2. The summed E-state index contributed by atoms with van der Waals surface area (Å²) >= 11 is 0. The zero-order valence-corrected chi connectivity index (χ0v) is 11.5. The van der Waals surface area contributed by atoms with Crippen molar-refractivity contribution >= 4 is 17.3 Å². The van der Waals surface area contributed by atoms with Crippen LogP contribution < -0.4 is 10.9 Å². The number of carbonyl (C=O) groups is 1. The molecular weight excluding hydrogens is 274 g/mol. The first-order valence-corrected chi connectivity index (χ1v) is 6.12. The summed E-state index contributed by atoms with van der Waals surface area (Å²) in [6.45, 7) is 1.55. The van der Waals surface area contributed by atoms with E-state index in [1.54, 1.807) is 20.0 Å². The molecule has 0 atom stereocenters. The first-order valence-electron chi connectivity index (χ1n) is 6.12. The summed E-state index contributed by atoms with van der Waals surface area (Å²) in [7, 11) is 1.58. The Labute approximate surface area is 120 Å². The third-order valence-corrected chi connectivity index (χ3v) is 3.12. The molecule has 0 bridgehead atoms. The number of rotatable bonds is 3. The number of hydrogen-bond acceptors (Lipinski definition) is 4. The van der Waals surface area contributed by atoms with E-state index in [-0.39, 0.29) is 16.8 Å². The number of pyridine rings is 1. The number of nitro benzene ring substituents is 1. The molecular formula is C14H13N3O4. The zero-order valence-electron chi connectivity index (χ0n) is 11.5. The Balaban J connectivity index is 2.31. The van der Waals surface area contributed by atoms with E-state index < -0.39 is 10.8 Å². The molecule has 2 rings (SSSR count). The molecule has 0 saturated carbocycles. The van der Waals surface area contributed by atoms with Gasteiger partial charge in [0.1, 0.15) is 0 Å². The molecule has 0 radical (unpaired) electrons. The maximum Gasteiger partial charge on any atom is 0.274 e. The van der Waals surface area contributed by atoms with E-state index in [0.717, 1.165) is 0 Å². The molecule has 108 valence electrons. The molecule has 0 aliphatic heterocycles. The topological polar surface area (TPSA) is 94.2 Å². The van der Waals surface area contributed by atoms with Crippen molar-refractivity contribution in [3.8, 4) is 0 Å². The highest BCUT2D eigenvalue weighted by Gasteiger charge is 2.15. The largest absolute Gasteiger partial charge is 0.321 e. The van der Waals surface area contributed by atoms with Crippen molar-refractivity contribution < 1.29 is 9.72 Å². The Hall–Kier alpha value is -2.96. The summed E-state index contributed by atoms with van der Waals surface area (Å²) in [4.78, 5) is 33.9. The Morgan fingerprint density at radius 3 is 2.67 bits per heavy atom. The minimum absolute atomic E-state index is 0.0724. The molecule has 7 heteroatoms. The Morgan fingerprint density at radius 1 is 1.33 bits per heavy atom. The van der Waals surface area contributed by atoms with Crippen molar-refractivity contribution in [2.45, 2.75) is 6.92 Å². The molecule has 21 heavy (non-hydrogen) atoms. The van der Waals surface area contributed by atoms with E-state index in [2.05, 4.69) is 5.32 Å². The summed E-state index contributed by atoms with van der Waals surface area (Å²) < 4.78 is 1.34. The molecule has 0 aliphatic carbocycles. The van der Waals surface area contributed by atoms with Crippen molar-refractivity contribution in [1.29, 1.82) is 0 Å². The number of nitro groups is 1. The fraction of sp³-hybridized carbons (Fsp3) is 0.143. The molecule has 7 nitrogen and oxygen atoms in total. The van der Waals surface area contributed by atoms with Gasteiger partial charge in [-0.2, -0.15) is 0 Å². The smallest absolute Gasteiger partial charge is 0.274 e. The lowest BCUT2D eigenvalue weighted by molar-refractivity contribution is -0.385. The predicted molar refractivity (Wildman–Crippen MR) is 77.5 cm³/mol. The average molecular weight is 287 g/mol. The van der Waals surface area contributed by atoms with Gasteiger partial charge in [0.15, 0.2) is 0 Å².